The van der Waals surface area contributed by atoms with Gasteiger partial charge in [-0.1, -0.05) is 17.3 Å². The lowest BCUT2D eigenvalue weighted by Crippen LogP contribution is -2.26. The first-order valence-electron chi connectivity index (χ1n) is 3.83. The summed E-state index contributed by atoms with van der Waals surface area (Å²) in [5, 5.41) is 22.5. The average molecular weight is 194 g/mol. The maximum absolute atomic E-state index is 9.92. The van der Waals surface area contributed by atoms with Crippen LogP contribution >= 0.6 is 0 Å². The Labute approximate surface area is 80.2 Å². The third-order valence-corrected chi connectivity index (χ3v) is 1.39. The standard InChI is InChI=1S/C9H9NO4/c11-8-4-2-1-3-7(8)5-10-14-6-9(12)13/h1-5,11H,6H2,(H,12,13)/p-1/b10-5+. The Bertz CT molecular complexity index is 348. The van der Waals surface area contributed by atoms with E-state index >= 15 is 0 Å². The van der Waals surface area contributed by atoms with Crippen LogP contribution in [0, 0.1) is 0 Å². The second kappa shape index (κ2) is 4.86. The summed E-state index contributed by atoms with van der Waals surface area (Å²) in [4.78, 5) is 14.3. The molecule has 1 N–H and O–H groups in total. The van der Waals surface area contributed by atoms with Crippen LogP contribution in [0.1, 0.15) is 5.56 Å². The molecule has 0 atom stereocenters. The highest BCUT2D eigenvalue weighted by atomic mass is 16.6. The van der Waals surface area contributed by atoms with Crippen molar-refractivity contribution in [2.24, 2.45) is 5.16 Å². The lowest BCUT2D eigenvalue weighted by molar-refractivity contribution is -0.309. The van der Waals surface area contributed by atoms with Gasteiger partial charge < -0.3 is 19.8 Å². The number of aliphatic carboxylic acids is 1. The van der Waals surface area contributed by atoms with Crippen LogP contribution in [0.2, 0.25) is 0 Å². The van der Waals surface area contributed by atoms with Crippen molar-refractivity contribution in [1.82, 2.24) is 0 Å². The predicted octanol–water partition coefficient (Wildman–Crippen LogP) is -0.507. The Hall–Kier alpha value is -2.04. The molecular weight excluding hydrogens is 186 g/mol. The van der Waals surface area contributed by atoms with Crippen LogP contribution in [0.3, 0.4) is 0 Å². The van der Waals surface area contributed by atoms with Crippen LogP contribution in [-0.4, -0.2) is 23.9 Å². The molecule has 0 heterocycles. The molecule has 0 aliphatic heterocycles. The van der Waals surface area contributed by atoms with E-state index in [0.717, 1.165) is 0 Å². The van der Waals surface area contributed by atoms with Crippen LogP contribution in [0.5, 0.6) is 5.75 Å². The molecule has 1 aromatic rings. The zero-order chi connectivity index (χ0) is 10.4. The van der Waals surface area contributed by atoms with Crippen molar-refractivity contribution in [3.63, 3.8) is 0 Å². The maximum atomic E-state index is 9.92. The molecule has 0 fully saturated rings. The van der Waals surface area contributed by atoms with Crippen molar-refractivity contribution < 1.29 is 19.8 Å². The number of aromatic hydroxyl groups is 1. The summed E-state index contributed by atoms with van der Waals surface area (Å²) in [6.07, 6.45) is 1.22. The average Bonchev–Trinajstić information content (AvgIpc) is 2.15. The van der Waals surface area contributed by atoms with Crippen LogP contribution in [-0.2, 0) is 9.63 Å². The summed E-state index contributed by atoms with van der Waals surface area (Å²) in [6, 6.07) is 6.47. The Morgan fingerprint density at radius 1 is 1.57 bits per heavy atom. The fourth-order valence-electron chi connectivity index (χ4n) is 0.781. The molecule has 5 heteroatoms. The van der Waals surface area contributed by atoms with E-state index in [2.05, 4.69) is 9.99 Å². The molecule has 0 saturated heterocycles. The van der Waals surface area contributed by atoms with Gasteiger partial charge in [-0.25, -0.2) is 0 Å². The number of carboxylic acids is 1. The van der Waals surface area contributed by atoms with E-state index in [0.29, 0.717) is 5.56 Å². The van der Waals surface area contributed by atoms with Gasteiger partial charge in [0.25, 0.3) is 0 Å². The van der Waals surface area contributed by atoms with Crippen LogP contribution in [0.4, 0.5) is 0 Å². The molecule has 0 amide bonds. The Morgan fingerprint density at radius 3 is 2.93 bits per heavy atom. The van der Waals surface area contributed by atoms with Gasteiger partial charge in [0.15, 0.2) is 6.61 Å². The van der Waals surface area contributed by atoms with Gasteiger partial charge in [-0.15, -0.1) is 0 Å². The number of phenolic OH excluding ortho intramolecular Hbond substituents is 1. The first-order valence-corrected chi connectivity index (χ1v) is 3.83. The van der Waals surface area contributed by atoms with Crippen molar-refractivity contribution in [2.45, 2.75) is 0 Å². The maximum Gasteiger partial charge on any atom is 0.156 e. The van der Waals surface area contributed by atoms with Crippen LogP contribution in [0.25, 0.3) is 0 Å². The number of phenols is 1. The highest BCUT2D eigenvalue weighted by molar-refractivity contribution is 5.82. The minimum absolute atomic E-state index is 0.0494. The molecule has 0 spiro atoms. The smallest absolute Gasteiger partial charge is 0.156 e. The number of carboxylic acid groups (broad SMARTS) is 1. The monoisotopic (exact) mass is 194 g/mol. The molecule has 74 valence electrons. The van der Waals surface area contributed by atoms with Gasteiger partial charge in [0.2, 0.25) is 0 Å². The Morgan fingerprint density at radius 2 is 2.29 bits per heavy atom. The normalized spacial score (nSPS) is 10.3. The fourth-order valence-corrected chi connectivity index (χ4v) is 0.781. The minimum Gasteiger partial charge on any atom is -0.546 e. The van der Waals surface area contributed by atoms with E-state index in [1.54, 1.807) is 18.2 Å². The minimum atomic E-state index is -1.35. The number of rotatable bonds is 4. The third-order valence-electron chi connectivity index (χ3n) is 1.39. The number of para-hydroxylation sites is 1. The molecule has 14 heavy (non-hydrogen) atoms. The summed E-state index contributed by atoms with van der Waals surface area (Å²) in [6.45, 7) is -0.607. The second-order valence-corrected chi connectivity index (χ2v) is 2.44. The zero-order valence-electron chi connectivity index (χ0n) is 7.21. The van der Waals surface area contributed by atoms with E-state index in [-0.39, 0.29) is 5.75 Å². The van der Waals surface area contributed by atoms with E-state index in [4.69, 9.17) is 0 Å². The van der Waals surface area contributed by atoms with E-state index in [9.17, 15) is 15.0 Å². The van der Waals surface area contributed by atoms with Gasteiger partial charge in [0.05, 0.1) is 12.2 Å². The first-order chi connectivity index (χ1) is 6.70. The molecule has 1 aromatic carbocycles. The highest BCUT2D eigenvalue weighted by Crippen LogP contribution is 2.12. The highest BCUT2D eigenvalue weighted by Gasteiger charge is 1.94. The second-order valence-electron chi connectivity index (χ2n) is 2.44. The fraction of sp³-hybridized carbons (Fsp3) is 0.111. The van der Waals surface area contributed by atoms with Crippen molar-refractivity contribution >= 4 is 12.2 Å². The van der Waals surface area contributed by atoms with Gasteiger partial charge >= 0.3 is 0 Å². The van der Waals surface area contributed by atoms with Gasteiger partial charge in [0.1, 0.15) is 5.75 Å². The summed E-state index contributed by atoms with van der Waals surface area (Å²) in [7, 11) is 0. The number of carbonyl (C=O) groups excluding carboxylic acids is 1. The van der Waals surface area contributed by atoms with Gasteiger partial charge in [-0.2, -0.15) is 0 Å². The van der Waals surface area contributed by atoms with E-state index in [1.807, 2.05) is 0 Å². The Balaban J connectivity index is 2.52. The molecular formula is C9H8NO4-. The number of nitrogens with zero attached hydrogens (tertiary/aromatic N) is 1. The van der Waals surface area contributed by atoms with Crippen LogP contribution < -0.4 is 5.11 Å². The third kappa shape index (κ3) is 3.14. The molecule has 0 aliphatic carbocycles. The van der Waals surface area contributed by atoms with Crippen molar-refractivity contribution in [3.05, 3.63) is 29.8 Å². The Kier molecular flexibility index (Phi) is 3.49. The van der Waals surface area contributed by atoms with Crippen LogP contribution in [0.15, 0.2) is 29.4 Å². The van der Waals surface area contributed by atoms with Gasteiger partial charge in [-0.05, 0) is 12.1 Å². The zero-order valence-corrected chi connectivity index (χ0v) is 7.21. The summed E-state index contributed by atoms with van der Waals surface area (Å²) in [5.74, 6) is -1.30. The predicted molar refractivity (Wildman–Crippen MR) is 46.7 cm³/mol. The molecule has 0 radical (unpaired) electrons. The molecule has 1 rings (SSSR count). The molecule has 0 unspecified atom stereocenters. The topological polar surface area (TPSA) is 82.0 Å². The van der Waals surface area contributed by atoms with E-state index in [1.165, 1.54) is 12.3 Å². The first kappa shape index (κ1) is 10.0. The van der Waals surface area contributed by atoms with E-state index < -0.39 is 12.6 Å². The number of hydrogen-bond donors (Lipinski definition) is 1. The van der Waals surface area contributed by atoms with Crippen molar-refractivity contribution in [2.75, 3.05) is 6.61 Å². The molecule has 5 nitrogen and oxygen atoms in total. The summed E-state index contributed by atoms with van der Waals surface area (Å²) in [5.41, 5.74) is 0.450. The summed E-state index contributed by atoms with van der Waals surface area (Å²) >= 11 is 0. The number of oxime groups is 1. The quantitative estimate of drug-likeness (QED) is 0.517. The molecule has 0 saturated carbocycles. The SMILES string of the molecule is O=C([O-])CO/N=C/c1ccccc1O. The number of benzene rings is 1. The van der Waals surface area contributed by atoms with Crippen molar-refractivity contribution in [1.29, 1.82) is 0 Å². The number of carbonyl (C=O) groups is 1. The lowest BCUT2D eigenvalue weighted by atomic mass is 10.2. The number of hydrogen-bond acceptors (Lipinski definition) is 5. The molecule has 0 bridgehead atoms. The largest absolute Gasteiger partial charge is 0.546 e. The van der Waals surface area contributed by atoms with Gasteiger partial charge in [-0.3, -0.25) is 0 Å². The van der Waals surface area contributed by atoms with Gasteiger partial charge in [0, 0.05) is 5.56 Å². The molecule has 0 aromatic heterocycles. The summed E-state index contributed by atoms with van der Waals surface area (Å²) < 4.78 is 0. The molecule has 0 aliphatic rings. The van der Waals surface area contributed by atoms with Crippen molar-refractivity contribution in [3.8, 4) is 5.75 Å². The lowest BCUT2D eigenvalue weighted by Gasteiger charge is -1.99.